The van der Waals surface area contributed by atoms with Gasteiger partial charge in [-0.25, -0.2) is 4.39 Å². The van der Waals surface area contributed by atoms with Gasteiger partial charge < -0.3 is 16.0 Å². The van der Waals surface area contributed by atoms with Gasteiger partial charge in [-0.1, -0.05) is 15.9 Å². The van der Waals surface area contributed by atoms with Gasteiger partial charge in [-0.3, -0.25) is 9.59 Å². The minimum Gasteiger partial charge on any atom is -0.375 e. The van der Waals surface area contributed by atoms with E-state index >= 15 is 0 Å². The average molecular weight is 459 g/mol. The zero-order valence-electron chi connectivity index (χ0n) is 12.4. The van der Waals surface area contributed by atoms with Crippen LogP contribution in [-0.2, 0) is 9.59 Å². The summed E-state index contributed by atoms with van der Waals surface area (Å²) in [4.78, 5) is 23.5. The lowest BCUT2D eigenvalue weighted by molar-refractivity contribution is -0.122. The van der Waals surface area contributed by atoms with E-state index in [1.807, 2.05) is 18.2 Å². The topological polar surface area (TPSA) is 70.2 Å². The molecular weight excluding hydrogens is 445 g/mol. The smallest absolute Gasteiger partial charge is 0.243 e. The van der Waals surface area contributed by atoms with Crippen LogP contribution in [0.2, 0.25) is 0 Å². The molecule has 0 atom stereocenters. The molecule has 0 aliphatic rings. The molecule has 2 aromatic rings. The second-order valence-electron chi connectivity index (χ2n) is 4.81. The molecule has 0 unspecified atom stereocenters. The number of nitrogens with one attached hydrogen (secondary N) is 3. The Morgan fingerprint density at radius 2 is 1.67 bits per heavy atom. The van der Waals surface area contributed by atoms with Gasteiger partial charge in [0.25, 0.3) is 0 Å². The number of amides is 2. The summed E-state index contributed by atoms with van der Waals surface area (Å²) in [7, 11) is 0. The van der Waals surface area contributed by atoms with Crippen LogP contribution in [-0.4, -0.2) is 24.9 Å². The predicted molar refractivity (Wildman–Crippen MR) is 98.4 cm³/mol. The Balaban J connectivity index is 1.74. The van der Waals surface area contributed by atoms with E-state index in [-0.39, 0.29) is 30.7 Å². The van der Waals surface area contributed by atoms with E-state index in [4.69, 9.17) is 0 Å². The summed E-state index contributed by atoms with van der Waals surface area (Å²) in [6.45, 7) is -0.135. The van der Waals surface area contributed by atoms with E-state index in [2.05, 4.69) is 47.8 Å². The molecule has 0 saturated carbocycles. The zero-order chi connectivity index (χ0) is 17.5. The van der Waals surface area contributed by atoms with Crippen LogP contribution in [0, 0.1) is 5.82 Å². The third kappa shape index (κ3) is 5.93. The van der Waals surface area contributed by atoms with Crippen molar-refractivity contribution >= 4 is 55.0 Å². The number of anilines is 2. The van der Waals surface area contributed by atoms with Gasteiger partial charge in [0.15, 0.2) is 0 Å². The van der Waals surface area contributed by atoms with Crippen LogP contribution in [0.5, 0.6) is 0 Å². The lowest BCUT2D eigenvalue weighted by atomic mass is 10.3. The van der Waals surface area contributed by atoms with Crippen molar-refractivity contribution in [1.82, 2.24) is 5.32 Å². The molecule has 0 saturated heterocycles. The van der Waals surface area contributed by atoms with Gasteiger partial charge in [0.05, 0.1) is 13.1 Å². The third-order valence-corrected chi connectivity index (χ3v) is 4.09. The summed E-state index contributed by atoms with van der Waals surface area (Å²) in [6, 6.07) is 10.9. The van der Waals surface area contributed by atoms with E-state index < -0.39 is 0 Å². The molecule has 0 spiro atoms. The summed E-state index contributed by atoms with van der Waals surface area (Å²) in [5.74, 6) is -1.09. The summed E-state index contributed by atoms with van der Waals surface area (Å²) < 4.78 is 14.5. The first kappa shape index (κ1) is 18.4. The molecule has 2 amide bonds. The normalized spacial score (nSPS) is 10.1. The highest BCUT2D eigenvalue weighted by Gasteiger charge is 2.07. The van der Waals surface area contributed by atoms with Crippen LogP contribution >= 0.6 is 31.9 Å². The molecule has 0 heterocycles. The standard InChI is InChI=1S/C16H14Br2FN3O2/c17-10-1-6-14(13(18)7-10)20-8-15(23)21-9-16(24)22-12-4-2-11(19)3-5-12/h1-7,20H,8-9H2,(H,21,23)(H,22,24). The lowest BCUT2D eigenvalue weighted by Gasteiger charge is -2.10. The van der Waals surface area contributed by atoms with Gasteiger partial charge >= 0.3 is 0 Å². The Labute approximate surface area is 155 Å². The third-order valence-electron chi connectivity index (χ3n) is 2.94. The highest BCUT2D eigenvalue weighted by molar-refractivity contribution is 9.11. The van der Waals surface area contributed by atoms with Crippen LogP contribution in [0.25, 0.3) is 0 Å². The summed E-state index contributed by atoms with van der Waals surface area (Å²) in [5, 5.41) is 8.03. The van der Waals surface area contributed by atoms with Crippen molar-refractivity contribution in [2.45, 2.75) is 0 Å². The van der Waals surface area contributed by atoms with Crippen molar-refractivity contribution in [3.8, 4) is 0 Å². The maximum atomic E-state index is 12.8. The summed E-state index contributed by atoms with van der Waals surface area (Å²) >= 11 is 6.73. The molecule has 8 heteroatoms. The fourth-order valence-electron chi connectivity index (χ4n) is 1.79. The number of carbonyl (C=O) groups excluding carboxylic acids is 2. The first-order valence-corrected chi connectivity index (χ1v) is 8.53. The van der Waals surface area contributed by atoms with E-state index in [0.29, 0.717) is 5.69 Å². The van der Waals surface area contributed by atoms with Crippen LogP contribution in [0.4, 0.5) is 15.8 Å². The van der Waals surface area contributed by atoms with Gasteiger partial charge in [-0.2, -0.15) is 0 Å². The molecule has 2 aromatic carbocycles. The van der Waals surface area contributed by atoms with E-state index in [1.54, 1.807) is 0 Å². The minimum absolute atomic E-state index is 0.0318. The quantitative estimate of drug-likeness (QED) is 0.620. The minimum atomic E-state index is -0.389. The Bertz CT molecular complexity index is 739. The fraction of sp³-hybridized carbons (Fsp3) is 0.125. The Kier molecular flexibility index (Phi) is 6.74. The maximum absolute atomic E-state index is 12.8. The average Bonchev–Trinajstić information content (AvgIpc) is 2.54. The number of halogens is 3. The first-order valence-electron chi connectivity index (χ1n) is 6.95. The lowest BCUT2D eigenvalue weighted by Crippen LogP contribution is -2.36. The molecule has 0 aromatic heterocycles. The number of hydrogen-bond acceptors (Lipinski definition) is 3. The second kappa shape index (κ2) is 8.79. The molecule has 24 heavy (non-hydrogen) atoms. The first-order chi connectivity index (χ1) is 11.4. The largest absolute Gasteiger partial charge is 0.375 e. The fourth-order valence-corrected chi connectivity index (χ4v) is 2.98. The van der Waals surface area contributed by atoms with Gasteiger partial charge in [0.2, 0.25) is 11.8 Å². The SMILES string of the molecule is O=C(CNc1ccc(Br)cc1Br)NCC(=O)Nc1ccc(F)cc1. The second-order valence-corrected chi connectivity index (χ2v) is 6.58. The van der Waals surface area contributed by atoms with Crippen molar-refractivity contribution in [3.63, 3.8) is 0 Å². The number of rotatable bonds is 6. The van der Waals surface area contributed by atoms with Crippen LogP contribution in [0.15, 0.2) is 51.4 Å². The molecule has 0 bridgehead atoms. The predicted octanol–water partition coefficient (Wildman–Crippen LogP) is 3.52. The Morgan fingerprint density at radius 1 is 0.958 bits per heavy atom. The van der Waals surface area contributed by atoms with Crippen molar-refractivity contribution in [2.75, 3.05) is 23.7 Å². The van der Waals surface area contributed by atoms with Crippen molar-refractivity contribution in [2.24, 2.45) is 0 Å². The van der Waals surface area contributed by atoms with Gasteiger partial charge in [-0.05, 0) is 58.4 Å². The van der Waals surface area contributed by atoms with Crippen LogP contribution in [0.3, 0.4) is 0 Å². The molecule has 0 aliphatic carbocycles. The van der Waals surface area contributed by atoms with Crippen molar-refractivity contribution in [3.05, 3.63) is 57.2 Å². The van der Waals surface area contributed by atoms with Crippen LogP contribution in [0.1, 0.15) is 0 Å². The molecule has 0 fully saturated rings. The number of hydrogen-bond donors (Lipinski definition) is 3. The van der Waals surface area contributed by atoms with E-state index in [9.17, 15) is 14.0 Å². The molecule has 3 N–H and O–H groups in total. The molecule has 126 valence electrons. The molecule has 0 aliphatic heterocycles. The van der Waals surface area contributed by atoms with Crippen LogP contribution < -0.4 is 16.0 Å². The summed E-state index contributed by atoms with van der Waals surface area (Å²) in [5.41, 5.74) is 1.23. The zero-order valence-corrected chi connectivity index (χ0v) is 15.6. The molecular formula is C16H14Br2FN3O2. The molecule has 5 nitrogen and oxygen atoms in total. The number of carbonyl (C=O) groups is 2. The number of benzene rings is 2. The van der Waals surface area contributed by atoms with Crippen molar-refractivity contribution < 1.29 is 14.0 Å². The van der Waals surface area contributed by atoms with Gasteiger partial charge in [0, 0.05) is 20.3 Å². The summed E-state index contributed by atoms with van der Waals surface area (Å²) in [6.07, 6.45) is 0. The Hall–Kier alpha value is -1.93. The monoisotopic (exact) mass is 457 g/mol. The Morgan fingerprint density at radius 3 is 2.33 bits per heavy atom. The van der Waals surface area contributed by atoms with E-state index in [1.165, 1.54) is 24.3 Å². The van der Waals surface area contributed by atoms with Gasteiger partial charge in [0.1, 0.15) is 5.82 Å². The molecule has 2 rings (SSSR count). The van der Waals surface area contributed by atoms with Crippen molar-refractivity contribution in [1.29, 1.82) is 0 Å². The van der Waals surface area contributed by atoms with E-state index in [0.717, 1.165) is 14.6 Å². The molecule has 0 radical (unpaired) electrons. The highest BCUT2D eigenvalue weighted by Crippen LogP contribution is 2.25. The highest BCUT2D eigenvalue weighted by atomic mass is 79.9. The van der Waals surface area contributed by atoms with Gasteiger partial charge in [-0.15, -0.1) is 0 Å². The maximum Gasteiger partial charge on any atom is 0.243 e.